The molecule has 2 N–H and O–H groups in total. The molecule has 0 aliphatic carbocycles. The number of ether oxygens (including phenoxy) is 1. The van der Waals surface area contributed by atoms with Crippen LogP contribution in [0, 0.1) is 18.3 Å². The van der Waals surface area contributed by atoms with E-state index in [1.807, 2.05) is 32.0 Å². The van der Waals surface area contributed by atoms with Crippen LogP contribution in [0.4, 0.5) is 11.4 Å². The molecule has 0 amide bonds. The first-order valence-electron chi connectivity index (χ1n) is 8.36. The molecule has 0 bridgehead atoms. The number of nitrogens with zero attached hydrogens (tertiary/aromatic N) is 1. The number of benzene rings is 2. The molecule has 0 aromatic heterocycles. The van der Waals surface area contributed by atoms with Crippen LogP contribution in [0.5, 0.6) is 0 Å². The minimum absolute atomic E-state index is 0.316. The van der Waals surface area contributed by atoms with Crippen molar-refractivity contribution in [1.82, 2.24) is 0 Å². The predicted octanol–water partition coefficient (Wildman–Crippen LogP) is 4.01. The Labute approximate surface area is 148 Å². The second kappa shape index (κ2) is 8.74. The van der Waals surface area contributed by atoms with E-state index in [1.54, 1.807) is 31.2 Å². The number of hydrogen-bond donors (Lipinski definition) is 2. The Balaban J connectivity index is 2.35. The van der Waals surface area contributed by atoms with Crippen molar-refractivity contribution in [2.24, 2.45) is 0 Å². The molecule has 5 heteroatoms. The molecule has 0 heterocycles. The van der Waals surface area contributed by atoms with Crippen molar-refractivity contribution in [3.05, 3.63) is 59.2 Å². The Hall–Kier alpha value is -3.00. The molecule has 25 heavy (non-hydrogen) atoms. The zero-order valence-corrected chi connectivity index (χ0v) is 14.8. The summed E-state index contributed by atoms with van der Waals surface area (Å²) in [6, 6.07) is 14.4. The summed E-state index contributed by atoms with van der Waals surface area (Å²) in [5, 5.41) is 15.4. The van der Waals surface area contributed by atoms with Gasteiger partial charge in [0.15, 0.2) is 6.04 Å². The number of carbonyl (C=O) groups excluding carboxylic acids is 1. The number of aryl methyl sites for hydroxylation is 1. The van der Waals surface area contributed by atoms with Crippen LogP contribution in [0.25, 0.3) is 0 Å². The maximum Gasteiger partial charge on any atom is 0.333 e. The summed E-state index contributed by atoms with van der Waals surface area (Å²) in [7, 11) is 0. The second-order valence-corrected chi connectivity index (χ2v) is 5.68. The van der Waals surface area contributed by atoms with Gasteiger partial charge in [-0.15, -0.1) is 0 Å². The standard InChI is InChI=1S/C20H23N3O2/c1-4-22-18-11-14(3)10-16(12-18)19(20(24)25-5-2)23-17-8-6-15(13-21)7-9-17/h6-12,19,22-23H,4-5H2,1-3H3. The second-order valence-electron chi connectivity index (χ2n) is 5.68. The first kappa shape index (κ1) is 18.3. The molecule has 0 aliphatic rings. The molecule has 5 nitrogen and oxygen atoms in total. The summed E-state index contributed by atoms with van der Waals surface area (Å²) in [5.74, 6) is -0.333. The Morgan fingerprint density at radius 1 is 1.16 bits per heavy atom. The van der Waals surface area contributed by atoms with Gasteiger partial charge in [0.05, 0.1) is 18.2 Å². The number of anilines is 2. The molecular weight excluding hydrogens is 314 g/mol. The monoisotopic (exact) mass is 337 g/mol. The first-order chi connectivity index (χ1) is 12.1. The summed E-state index contributed by atoms with van der Waals surface area (Å²) in [4.78, 5) is 12.5. The highest BCUT2D eigenvalue weighted by Gasteiger charge is 2.22. The fourth-order valence-electron chi connectivity index (χ4n) is 2.60. The molecule has 1 unspecified atom stereocenters. The number of rotatable bonds is 7. The van der Waals surface area contributed by atoms with E-state index in [2.05, 4.69) is 16.7 Å². The number of hydrogen-bond acceptors (Lipinski definition) is 5. The van der Waals surface area contributed by atoms with Gasteiger partial charge in [-0.1, -0.05) is 6.07 Å². The highest BCUT2D eigenvalue weighted by Crippen LogP contribution is 2.25. The van der Waals surface area contributed by atoms with E-state index in [9.17, 15) is 4.79 Å². The highest BCUT2D eigenvalue weighted by atomic mass is 16.5. The van der Waals surface area contributed by atoms with Crippen molar-refractivity contribution in [1.29, 1.82) is 5.26 Å². The normalized spacial score (nSPS) is 11.3. The lowest BCUT2D eigenvalue weighted by Gasteiger charge is -2.20. The zero-order valence-electron chi connectivity index (χ0n) is 14.8. The van der Waals surface area contributed by atoms with Crippen molar-refractivity contribution in [3.63, 3.8) is 0 Å². The molecule has 1 atom stereocenters. The van der Waals surface area contributed by atoms with Crippen LogP contribution >= 0.6 is 0 Å². The number of esters is 1. The van der Waals surface area contributed by atoms with Crippen LogP contribution in [0.2, 0.25) is 0 Å². The zero-order chi connectivity index (χ0) is 18.2. The topological polar surface area (TPSA) is 74.1 Å². The SMILES string of the molecule is CCNc1cc(C)cc(C(Nc2ccc(C#N)cc2)C(=O)OCC)c1. The Bertz CT molecular complexity index is 764. The van der Waals surface area contributed by atoms with Crippen LogP contribution in [0.1, 0.15) is 36.6 Å². The van der Waals surface area contributed by atoms with E-state index in [4.69, 9.17) is 10.00 Å². The third-order valence-electron chi connectivity index (χ3n) is 3.66. The van der Waals surface area contributed by atoms with Crippen LogP contribution in [-0.4, -0.2) is 19.1 Å². The Morgan fingerprint density at radius 2 is 1.88 bits per heavy atom. The molecule has 130 valence electrons. The quantitative estimate of drug-likeness (QED) is 0.747. The van der Waals surface area contributed by atoms with Gasteiger partial charge in [-0.25, -0.2) is 4.79 Å². The average Bonchev–Trinajstić information content (AvgIpc) is 2.60. The number of carbonyl (C=O) groups is 1. The molecule has 0 saturated carbocycles. The maximum atomic E-state index is 12.5. The van der Waals surface area contributed by atoms with Gasteiger partial charge in [-0.05, 0) is 68.3 Å². The first-order valence-corrected chi connectivity index (χ1v) is 8.36. The molecule has 0 aliphatic heterocycles. The van der Waals surface area contributed by atoms with Crippen molar-refractivity contribution in [2.75, 3.05) is 23.8 Å². The largest absolute Gasteiger partial charge is 0.464 e. The van der Waals surface area contributed by atoms with Crippen molar-refractivity contribution in [2.45, 2.75) is 26.8 Å². The van der Waals surface area contributed by atoms with E-state index in [0.29, 0.717) is 12.2 Å². The Kier molecular flexibility index (Phi) is 6.41. The summed E-state index contributed by atoms with van der Waals surface area (Å²) < 4.78 is 5.24. The molecular formula is C20H23N3O2. The van der Waals surface area contributed by atoms with Gasteiger partial charge < -0.3 is 15.4 Å². The van der Waals surface area contributed by atoms with Crippen LogP contribution in [0.3, 0.4) is 0 Å². The van der Waals surface area contributed by atoms with Crippen LogP contribution in [0.15, 0.2) is 42.5 Å². The highest BCUT2D eigenvalue weighted by molar-refractivity contribution is 5.81. The molecule has 0 spiro atoms. The minimum Gasteiger partial charge on any atom is -0.464 e. The van der Waals surface area contributed by atoms with Crippen molar-refractivity contribution < 1.29 is 9.53 Å². The van der Waals surface area contributed by atoms with E-state index in [-0.39, 0.29) is 5.97 Å². The number of nitriles is 1. The molecule has 0 radical (unpaired) electrons. The van der Waals surface area contributed by atoms with Gasteiger partial charge in [0.25, 0.3) is 0 Å². The molecule has 2 aromatic rings. The molecule has 0 fully saturated rings. The summed E-state index contributed by atoms with van der Waals surface area (Å²) in [5.41, 5.74) is 4.18. The fraction of sp³-hybridized carbons (Fsp3) is 0.300. The van der Waals surface area contributed by atoms with Crippen molar-refractivity contribution in [3.8, 4) is 6.07 Å². The molecule has 2 aromatic carbocycles. The lowest BCUT2D eigenvalue weighted by atomic mass is 10.0. The molecule has 2 rings (SSSR count). The average molecular weight is 337 g/mol. The van der Waals surface area contributed by atoms with Crippen LogP contribution < -0.4 is 10.6 Å². The summed E-state index contributed by atoms with van der Waals surface area (Å²) in [6.45, 7) is 6.93. The third-order valence-corrected chi connectivity index (χ3v) is 3.66. The summed E-state index contributed by atoms with van der Waals surface area (Å²) in [6.07, 6.45) is 0. The van der Waals surface area contributed by atoms with E-state index < -0.39 is 6.04 Å². The Morgan fingerprint density at radius 3 is 2.48 bits per heavy atom. The van der Waals surface area contributed by atoms with Gasteiger partial charge >= 0.3 is 5.97 Å². The lowest BCUT2D eigenvalue weighted by Crippen LogP contribution is -2.23. The van der Waals surface area contributed by atoms with E-state index in [0.717, 1.165) is 29.0 Å². The minimum atomic E-state index is -0.620. The lowest BCUT2D eigenvalue weighted by molar-refractivity contribution is -0.144. The molecule has 0 saturated heterocycles. The fourth-order valence-corrected chi connectivity index (χ4v) is 2.60. The van der Waals surface area contributed by atoms with Gasteiger partial charge in [0, 0.05) is 17.9 Å². The third kappa shape index (κ3) is 4.98. The van der Waals surface area contributed by atoms with Gasteiger partial charge in [-0.2, -0.15) is 5.26 Å². The van der Waals surface area contributed by atoms with Gasteiger partial charge in [0.2, 0.25) is 0 Å². The van der Waals surface area contributed by atoms with Gasteiger partial charge in [0.1, 0.15) is 0 Å². The van der Waals surface area contributed by atoms with E-state index >= 15 is 0 Å². The maximum absolute atomic E-state index is 12.5. The van der Waals surface area contributed by atoms with Crippen molar-refractivity contribution >= 4 is 17.3 Å². The summed E-state index contributed by atoms with van der Waals surface area (Å²) >= 11 is 0. The van der Waals surface area contributed by atoms with Crippen LogP contribution in [-0.2, 0) is 9.53 Å². The van der Waals surface area contributed by atoms with Gasteiger partial charge in [-0.3, -0.25) is 0 Å². The predicted molar refractivity (Wildman–Crippen MR) is 99.5 cm³/mol. The van der Waals surface area contributed by atoms with E-state index in [1.165, 1.54) is 0 Å². The number of nitrogens with one attached hydrogen (secondary N) is 2. The smallest absolute Gasteiger partial charge is 0.333 e.